The Morgan fingerprint density at radius 3 is 0.975 bits per heavy atom. The Morgan fingerprint density at radius 1 is 0.354 bits per heavy atom. The number of carbonyl (C=O) groups is 6. The first kappa shape index (κ1) is 57.1. The Balaban J connectivity index is 1.20. The first-order chi connectivity index (χ1) is 38.6. The van der Waals surface area contributed by atoms with E-state index < -0.39 is 110 Å². The molecule has 2 aliphatic heterocycles. The molecule has 1 N–H and O–H groups in total. The maximum Gasteiger partial charge on any atom is 0.338 e. The Kier molecular flexibility index (Phi) is 21.0. The van der Waals surface area contributed by atoms with Crippen LogP contribution < -0.4 is 0 Å². The van der Waals surface area contributed by atoms with Crippen LogP contribution in [0.1, 0.15) is 108 Å². The normalized spacial score (nSPS) is 22.6. The largest absolute Gasteiger partial charge is 0.452 e. The van der Waals surface area contributed by atoms with E-state index in [2.05, 4.69) is 6.92 Å². The summed E-state index contributed by atoms with van der Waals surface area (Å²) in [5.74, 6) is -5.33. The summed E-state index contributed by atoms with van der Waals surface area (Å²) in [4.78, 5) is 84.8. The molecule has 8 rings (SSSR count). The minimum Gasteiger partial charge on any atom is -0.452 e. The van der Waals surface area contributed by atoms with Crippen molar-refractivity contribution in [3.63, 3.8) is 0 Å². The van der Waals surface area contributed by atoms with Crippen LogP contribution in [-0.2, 0) is 47.4 Å². The van der Waals surface area contributed by atoms with Gasteiger partial charge in [-0.05, 0) is 79.2 Å². The van der Waals surface area contributed by atoms with Gasteiger partial charge in [-0.1, -0.05) is 148 Å². The van der Waals surface area contributed by atoms with E-state index in [1.807, 2.05) is 0 Å². The van der Waals surface area contributed by atoms with Gasteiger partial charge in [0.15, 0.2) is 49.2 Å². The number of esters is 6. The molecule has 0 bridgehead atoms. The molecular formula is C62H62O17. The zero-order valence-corrected chi connectivity index (χ0v) is 43.4. The molecule has 2 saturated heterocycles. The van der Waals surface area contributed by atoms with E-state index in [9.17, 15) is 33.9 Å². The van der Waals surface area contributed by atoms with Crippen LogP contribution in [0.25, 0.3) is 0 Å². The number of carbonyl (C=O) groups excluding carboxylic acids is 6. The smallest absolute Gasteiger partial charge is 0.338 e. The van der Waals surface area contributed by atoms with Gasteiger partial charge < -0.3 is 52.5 Å². The van der Waals surface area contributed by atoms with Crippen molar-refractivity contribution in [2.75, 3.05) is 19.8 Å². The lowest BCUT2D eigenvalue weighted by Gasteiger charge is -2.46. The molecule has 2 fully saturated rings. The van der Waals surface area contributed by atoms with Gasteiger partial charge in [-0.3, -0.25) is 0 Å². The minimum absolute atomic E-state index is 0.0736. The summed E-state index contributed by atoms with van der Waals surface area (Å²) >= 11 is 0. The summed E-state index contributed by atoms with van der Waals surface area (Å²) < 4.78 is 63.2. The average molecular weight is 1080 g/mol. The van der Waals surface area contributed by atoms with Gasteiger partial charge >= 0.3 is 35.8 Å². The number of benzene rings is 6. The lowest BCUT2D eigenvalue weighted by Crippen LogP contribution is -2.65. The van der Waals surface area contributed by atoms with Gasteiger partial charge in [0.2, 0.25) is 0 Å². The van der Waals surface area contributed by atoms with Crippen molar-refractivity contribution < 1.29 is 81.2 Å². The molecule has 6 aromatic carbocycles. The molecule has 0 aliphatic carbocycles. The van der Waals surface area contributed by atoms with Crippen LogP contribution in [0, 0.1) is 0 Å². The highest BCUT2D eigenvalue weighted by molar-refractivity contribution is 5.92. The molecule has 17 nitrogen and oxygen atoms in total. The summed E-state index contributed by atoms with van der Waals surface area (Å²) in [6.07, 6.45) is -11.0. The van der Waals surface area contributed by atoms with E-state index in [-0.39, 0.29) is 40.0 Å². The minimum atomic E-state index is -1.79. The Bertz CT molecular complexity index is 2880. The molecule has 2 aliphatic rings. The van der Waals surface area contributed by atoms with Crippen molar-refractivity contribution in [2.24, 2.45) is 0 Å². The third-order valence-corrected chi connectivity index (χ3v) is 13.1. The average Bonchev–Trinajstić information content (AvgIpc) is 3.53. The number of aliphatic hydroxyl groups is 1. The van der Waals surface area contributed by atoms with Crippen molar-refractivity contribution in [2.45, 2.75) is 107 Å². The van der Waals surface area contributed by atoms with Crippen molar-refractivity contribution >= 4 is 35.8 Å². The molecule has 412 valence electrons. The summed E-state index contributed by atoms with van der Waals surface area (Å²) in [7, 11) is 0. The highest BCUT2D eigenvalue weighted by Gasteiger charge is 2.56. The maximum atomic E-state index is 14.3. The molecular weight excluding hydrogens is 1020 g/mol. The number of hydrogen-bond donors (Lipinski definition) is 1. The number of rotatable bonds is 24. The summed E-state index contributed by atoms with van der Waals surface area (Å²) in [5, 5.41) is 11.0. The van der Waals surface area contributed by atoms with Crippen LogP contribution in [0.2, 0.25) is 0 Å². The zero-order chi connectivity index (χ0) is 55.3. The first-order valence-corrected chi connectivity index (χ1v) is 26.3. The van der Waals surface area contributed by atoms with Crippen LogP contribution in [0.15, 0.2) is 182 Å². The number of hydrogen-bond acceptors (Lipinski definition) is 17. The standard InChI is InChI=1S/C62H62O17/c1-2-3-4-5-6-25-38-70-61-53(78-59(68)45-34-21-11-22-35-45)52(77-58(67)44-32-19-10-20-33-44)50(75-56(65)42-28-15-8-16-29-42)48(73-61)40-71-62-54(79-60(69)46-36-23-12-24-37-46)51(76-57(66)43-30-17-9-18-31-43)49(47(39-63)72-62)74-55(64)41-26-13-7-14-27-41/h7-24,26-37,47-54,61-63H,2-6,25,38-40H2,1H3/t47-,48-,49-,50-,51+,52+,53+,54+,61+,62+/m1/s1. The van der Waals surface area contributed by atoms with E-state index >= 15 is 0 Å². The Morgan fingerprint density at radius 2 is 0.633 bits per heavy atom. The van der Waals surface area contributed by atoms with Crippen LogP contribution in [0.3, 0.4) is 0 Å². The second-order valence-electron chi connectivity index (χ2n) is 18.7. The van der Waals surface area contributed by atoms with Gasteiger partial charge in [0.25, 0.3) is 0 Å². The topological polar surface area (TPSA) is 215 Å². The molecule has 0 unspecified atom stereocenters. The lowest BCUT2D eigenvalue weighted by atomic mass is 9.96. The zero-order valence-electron chi connectivity index (χ0n) is 43.4. The Hall–Kier alpha value is -8.06. The van der Waals surface area contributed by atoms with Gasteiger partial charge in [-0.25, -0.2) is 28.8 Å². The third-order valence-electron chi connectivity index (χ3n) is 13.1. The highest BCUT2D eigenvalue weighted by atomic mass is 16.8. The lowest BCUT2D eigenvalue weighted by molar-refractivity contribution is -0.328. The van der Waals surface area contributed by atoms with E-state index in [1.165, 1.54) is 72.8 Å². The van der Waals surface area contributed by atoms with Gasteiger partial charge in [-0.15, -0.1) is 0 Å². The second kappa shape index (κ2) is 29.1. The molecule has 0 saturated carbocycles. The predicted octanol–water partition coefficient (Wildman–Crippen LogP) is 9.18. The highest BCUT2D eigenvalue weighted by Crippen LogP contribution is 2.35. The predicted molar refractivity (Wildman–Crippen MR) is 284 cm³/mol. The third kappa shape index (κ3) is 15.6. The fraction of sp³-hybridized carbons (Fsp3) is 0.323. The maximum absolute atomic E-state index is 14.3. The van der Waals surface area contributed by atoms with E-state index in [0.29, 0.717) is 6.42 Å². The van der Waals surface area contributed by atoms with Crippen LogP contribution in [-0.4, -0.2) is 122 Å². The van der Waals surface area contributed by atoms with Gasteiger partial charge in [0.1, 0.15) is 12.2 Å². The summed E-state index contributed by atoms with van der Waals surface area (Å²) in [5.41, 5.74) is 0.621. The molecule has 17 heteroatoms. The molecule has 10 atom stereocenters. The van der Waals surface area contributed by atoms with Crippen molar-refractivity contribution in [1.29, 1.82) is 0 Å². The molecule has 0 aromatic heterocycles. The van der Waals surface area contributed by atoms with Gasteiger partial charge in [-0.2, -0.15) is 0 Å². The van der Waals surface area contributed by atoms with Crippen molar-refractivity contribution in [3.05, 3.63) is 215 Å². The second-order valence-corrected chi connectivity index (χ2v) is 18.7. The first-order valence-electron chi connectivity index (χ1n) is 26.3. The number of unbranched alkanes of at least 4 members (excludes halogenated alkanes) is 5. The molecule has 0 spiro atoms. The quantitative estimate of drug-likeness (QED) is 0.0340. The molecule has 0 amide bonds. The molecule has 6 aromatic rings. The van der Waals surface area contributed by atoms with E-state index in [1.54, 1.807) is 109 Å². The summed E-state index contributed by atoms with van der Waals surface area (Å²) in [6, 6.07) is 47.7. The fourth-order valence-corrected chi connectivity index (χ4v) is 8.98. The SMILES string of the molecule is CCCCCCCCO[C@H]1O[C@H](CO[C@H]2O[C@H](CO)[C@@H](OC(=O)c3ccccc3)[C@H](OC(=O)c3ccccc3)[C@@H]2OC(=O)c2ccccc2)[C@@H](OC(=O)c2ccccc2)[C@H](OC(=O)c2ccccc2)[C@@H]1OC(=O)c1ccccc1. The molecule has 0 radical (unpaired) electrons. The van der Waals surface area contributed by atoms with Gasteiger partial charge in [0.05, 0.1) is 46.6 Å². The van der Waals surface area contributed by atoms with E-state index in [4.69, 9.17) is 47.4 Å². The molecule has 79 heavy (non-hydrogen) atoms. The monoisotopic (exact) mass is 1080 g/mol. The fourth-order valence-electron chi connectivity index (χ4n) is 8.98. The summed E-state index contributed by atoms with van der Waals surface area (Å²) in [6.45, 7) is 0.701. The number of ether oxygens (including phenoxy) is 10. The van der Waals surface area contributed by atoms with Crippen molar-refractivity contribution in [3.8, 4) is 0 Å². The van der Waals surface area contributed by atoms with Crippen LogP contribution >= 0.6 is 0 Å². The van der Waals surface area contributed by atoms with Crippen LogP contribution in [0.5, 0.6) is 0 Å². The van der Waals surface area contributed by atoms with Gasteiger partial charge in [0, 0.05) is 6.61 Å². The molecule has 2 heterocycles. The number of aliphatic hydroxyl groups excluding tert-OH is 1. The Labute approximate surface area is 457 Å². The van der Waals surface area contributed by atoms with Crippen molar-refractivity contribution in [1.82, 2.24) is 0 Å². The van der Waals surface area contributed by atoms with Crippen LogP contribution in [0.4, 0.5) is 0 Å². The van der Waals surface area contributed by atoms with E-state index in [0.717, 1.165) is 32.1 Å².